The fraction of sp³-hybridized carbons (Fsp3) is 0. The molecule has 1 amide bonds. The second-order valence-electron chi connectivity index (χ2n) is 4.70. The van der Waals surface area contributed by atoms with E-state index in [4.69, 9.17) is 23.2 Å². The minimum atomic E-state index is -0.467. The van der Waals surface area contributed by atoms with Crippen LogP contribution in [0.3, 0.4) is 0 Å². The zero-order valence-corrected chi connectivity index (χ0v) is 13.7. The van der Waals surface area contributed by atoms with E-state index in [1.807, 2.05) is 0 Å². The van der Waals surface area contributed by atoms with Crippen LogP contribution in [0, 0.1) is 10.1 Å². The summed E-state index contributed by atoms with van der Waals surface area (Å²) in [6.07, 6.45) is 0. The molecule has 1 N–H and O–H groups in total. The van der Waals surface area contributed by atoms with E-state index in [-0.39, 0.29) is 11.6 Å². The zero-order valence-electron chi connectivity index (χ0n) is 11.4. The maximum absolute atomic E-state index is 12.3. The molecule has 1 aromatic heterocycles. The van der Waals surface area contributed by atoms with E-state index in [1.54, 1.807) is 30.3 Å². The molecular formula is C15H8Cl2N2O3S. The molecule has 0 radical (unpaired) electrons. The maximum atomic E-state index is 12.3. The van der Waals surface area contributed by atoms with Crippen LogP contribution in [0.5, 0.6) is 0 Å². The van der Waals surface area contributed by atoms with E-state index in [9.17, 15) is 14.9 Å². The molecule has 3 aromatic rings. The molecule has 0 bridgehead atoms. The van der Waals surface area contributed by atoms with Crippen molar-refractivity contribution < 1.29 is 9.72 Å². The normalized spacial score (nSPS) is 10.7. The molecule has 0 aliphatic heterocycles. The Morgan fingerprint density at radius 2 is 1.78 bits per heavy atom. The van der Waals surface area contributed by atoms with Gasteiger partial charge in [-0.2, -0.15) is 0 Å². The Balaban J connectivity index is 1.90. The first-order valence-corrected chi connectivity index (χ1v) is 7.95. The number of non-ortho nitro benzene ring substituents is 1. The second kappa shape index (κ2) is 6.16. The van der Waals surface area contributed by atoms with E-state index >= 15 is 0 Å². The van der Waals surface area contributed by atoms with Crippen molar-refractivity contribution in [2.45, 2.75) is 0 Å². The number of nitrogens with zero attached hydrogens (tertiary/aromatic N) is 1. The van der Waals surface area contributed by atoms with Crippen LogP contribution in [0.2, 0.25) is 10.0 Å². The predicted octanol–water partition coefficient (Wildman–Crippen LogP) is 5.37. The average molecular weight is 367 g/mol. The molecule has 3 rings (SSSR count). The van der Waals surface area contributed by atoms with Crippen LogP contribution in [0.4, 0.5) is 11.4 Å². The van der Waals surface area contributed by atoms with Crippen LogP contribution in [0.25, 0.3) is 10.1 Å². The highest BCUT2D eigenvalue weighted by Crippen LogP contribution is 2.30. The number of carbonyl (C=O) groups is 1. The third-order valence-corrected chi connectivity index (χ3v) is 4.61. The molecule has 0 unspecified atom stereocenters. The van der Waals surface area contributed by atoms with Crippen molar-refractivity contribution in [3.63, 3.8) is 0 Å². The Hall–Kier alpha value is -2.15. The first-order chi connectivity index (χ1) is 10.9. The van der Waals surface area contributed by atoms with Gasteiger partial charge in [0.05, 0.1) is 9.80 Å². The van der Waals surface area contributed by atoms with Gasteiger partial charge in [0, 0.05) is 38.0 Å². The number of amides is 1. The molecule has 5 nitrogen and oxygen atoms in total. The number of anilines is 1. The smallest absolute Gasteiger partial charge is 0.270 e. The lowest BCUT2D eigenvalue weighted by molar-refractivity contribution is -0.384. The number of nitro groups is 1. The van der Waals surface area contributed by atoms with Gasteiger partial charge in [0.15, 0.2) is 0 Å². The van der Waals surface area contributed by atoms with Crippen LogP contribution in [-0.2, 0) is 0 Å². The molecule has 116 valence electrons. The van der Waals surface area contributed by atoms with Crippen molar-refractivity contribution in [3.05, 3.63) is 67.5 Å². The third-order valence-electron chi connectivity index (χ3n) is 3.05. The number of thiophene rings is 1. The summed E-state index contributed by atoms with van der Waals surface area (Å²) in [5, 5.41) is 15.0. The number of halogens is 2. The van der Waals surface area contributed by atoms with Crippen molar-refractivity contribution in [1.82, 2.24) is 0 Å². The summed E-state index contributed by atoms with van der Waals surface area (Å²) in [5.41, 5.74) is 0.472. The minimum Gasteiger partial charge on any atom is -0.321 e. The first kappa shape index (κ1) is 15.7. The first-order valence-electron chi connectivity index (χ1n) is 6.38. The lowest BCUT2D eigenvalue weighted by Crippen LogP contribution is -2.09. The lowest BCUT2D eigenvalue weighted by atomic mass is 10.2. The van der Waals surface area contributed by atoms with Gasteiger partial charge in [-0.05, 0) is 30.3 Å². The number of nitrogens with one attached hydrogen (secondary N) is 1. The van der Waals surface area contributed by atoms with Gasteiger partial charge < -0.3 is 5.32 Å². The molecule has 8 heteroatoms. The summed E-state index contributed by atoms with van der Waals surface area (Å²) in [5.74, 6) is -0.327. The van der Waals surface area contributed by atoms with Gasteiger partial charge in [-0.3, -0.25) is 14.9 Å². The zero-order chi connectivity index (χ0) is 16.6. The van der Waals surface area contributed by atoms with Gasteiger partial charge in [0.1, 0.15) is 0 Å². The quantitative estimate of drug-likeness (QED) is 0.500. The summed E-state index contributed by atoms with van der Waals surface area (Å²) < 4.78 is 0.796. The van der Waals surface area contributed by atoms with Gasteiger partial charge in [-0.25, -0.2) is 0 Å². The van der Waals surface area contributed by atoms with E-state index in [0.29, 0.717) is 26.0 Å². The molecule has 0 fully saturated rings. The highest BCUT2D eigenvalue weighted by Gasteiger charge is 2.14. The summed E-state index contributed by atoms with van der Waals surface area (Å²) in [7, 11) is 0. The second-order valence-corrected chi connectivity index (χ2v) is 6.66. The number of nitro benzene ring substituents is 1. The molecule has 0 saturated heterocycles. The number of hydrogen-bond acceptors (Lipinski definition) is 4. The summed E-state index contributed by atoms with van der Waals surface area (Å²) in [6, 6.07) is 10.8. The van der Waals surface area contributed by atoms with Crippen LogP contribution in [0.1, 0.15) is 9.67 Å². The number of hydrogen-bond donors (Lipinski definition) is 1. The molecule has 23 heavy (non-hydrogen) atoms. The molecular weight excluding hydrogens is 359 g/mol. The molecule has 0 spiro atoms. The monoisotopic (exact) mass is 366 g/mol. The third kappa shape index (κ3) is 3.44. The Bertz CT molecular complexity index is 919. The SMILES string of the molecule is O=C(Nc1cc(Cl)cc(Cl)c1)c1cc2cc([N+](=O)[O-])ccc2s1. The number of carbonyl (C=O) groups excluding carboxylic acids is 1. The molecule has 0 atom stereocenters. The summed E-state index contributed by atoms with van der Waals surface area (Å²) in [6.45, 7) is 0. The average Bonchev–Trinajstić information content (AvgIpc) is 2.89. The Morgan fingerprint density at radius 1 is 1.09 bits per heavy atom. The fourth-order valence-corrected chi connectivity index (χ4v) is 3.54. The van der Waals surface area contributed by atoms with E-state index in [1.165, 1.54) is 23.5 Å². The number of rotatable bonds is 3. The Morgan fingerprint density at radius 3 is 2.43 bits per heavy atom. The molecule has 0 saturated carbocycles. The van der Waals surface area contributed by atoms with E-state index < -0.39 is 4.92 Å². The van der Waals surface area contributed by atoms with Gasteiger partial charge in [0.25, 0.3) is 11.6 Å². The largest absolute Gasteiger partial charge is 0.321 e. The van der Waals surface area contributed by atoms with Crippen molar-refractivity contribution in [2.75, 3.05) is 5.32 Å². The van der Waals surface area contributed by atoms with Crippen molar-refractivity contribution in [1.29, 1.82) is 0 Å². The molecule has 1 heterocycles. The van der Waals surface area contributed by atoms with Gasteiger partial charge in [-0.1, -0.05) is 23.2 Å². The van der Waals surface area contributed by atoms with Crippen molar-refractivity contribution in [2.24, 2.45) is 0 Å². The van der Waals surface area contributed by atoms with E-state index in [0.717, 1.165) is 4.70 Å². The standard InChI is InChI=1S/C15H8Cl2N2O3S/c16-9-5-10(17)7-11(6-9)18-15(20)14-4-8-3-12(19(21)22)1-2-13(8)23-14/h1-7H,(H,18,20). The van der Waals surface area contributed by atoms with Gasteiger partial charge in [-0.15, -0.1) is 11.3 Å². The molecule has 0 aliphatic rings. The van der Waals surface area contributed by atoms with Crippen LogP contribution in [0.15, 0.2) is 42.5 Å². The maximum Gasteiger partial charge on any atom is 0.270 e. The number of benzene rings is 2. The molecule has 0 aliphatic carbocycles. The van der Waals surface area contributed by atoms with Gasteiger partial charge >= 0.3 is 0 Å². The Labute approximate surface area is 144 Å². The number of fused-ring (bicyclic) bond motifs is 1. The van der Waals surface area contributed by atoms with Crippen molar-refractivity contribution >= 4 is 61.9 Å². The summed E-state index contributed by atoms with van der Waals surface area (Å²) in [4.78, 5) is 23.1. The fourth-order valence-electron chi connectivity index (χ4n) is 2.07. The predicted molar refractivity (Wildman–Crippen MR) is 92.9 cm³/mol. The van der Waals surface area contributed by atoms with Gasteiger partial charge in [0.2, 0.25) is 0 Å². The highest BCUT2D eigenvalue weighted by molar-refractivity contribution is 7.20. The van der Waals surface area contributed by atoms with Crippen LogP contribution in [-0.4, -0.2) is 10.8 Å². The van der Waals surface area contributed by atoms with E-state index in [2.05, 4.69) is 5.32 Å². The lowest BCUT2D eigenvalue weighted by Gasteiger charge is -2.04. The molecule has 2 aromatic carbocycles. The van der Waals surface area contributed by atoms with Crippen LogP contribution >= 0.6 is 34.5 Å². The highest BCUT2D eigenvalue weighted by atomic mass is 35.5. The summed E-state index contributed by atoms with van der Waals surface area (Å²) >= 11 is 13.0. The van der Waals surface area contributed by atoms with Crippen LogP contribution < -0.4 is 5.32 Å². The Kier molecular flexibility index (Phi) is 4.21. The minimum absolute atomic E-state index is 0.0103. The van der Waals surface area contributed by atoms with Crippen molar-refractivity contribution in [3.8, 4) is 0 Å². The topological polar surface area (TPSA) is 72.2 Å².